The van der Waals surface area contributed by atoms with Crippen molar-refractivity contribution in [3.05, 3.63) is 22.2 Å². The van der Waals surface area contributed by atoms with Crippen molar-refractivity contribution < 1.29 is 38.1 Å². The van der Waals surface area contributed by atoms with E-state index in [1.165, 1.54) is 0 Å². The summed E-state index contributed by atoms with van der Waals surface area (Å²) in [4.78, 5) is 61.7. The average Bonchev–Trinajstić information content (AvgIpc) is 2.89. The lowest BCUT2D eigenvalue weighted by atomic mass is 10.1. The quantitative estimate of drug-likeness (QED) is 0.397. The van der Waals surface area contributed by atoms with Crippen molar-refractivity contribution in [2.45, 2.75) is 45.3 Å². The van der Waals surface area contributed by atoms with Gasteiger partial charge in [0.05, 0.1) is 5.56 Å². The third-order valence-corrected chi connectivity index (χ3v) is 3.86. The first-order valence-corrected chi connectivity index (χ1v) is 8.33. The van der Waals surface area contributed by atoms with Gasteiger partial charge in [-0.15, -0.1) is 0 Å². The fourth-order valence-electron chi connectivity index (χ4n) is 2.77. The Balaban J connectivity index is 2.52. The minimum atomic E-state index is -1.37. The molecule has 1 aromatic rings. The molecule has 0 radical (unpaired) electrons. The van der Waals surface area contributed by atoms with E-state index in [1.807, 2.05) is 0 Å². The highest BCUT2D eigenvalue weighted by atomic mass is 16.7. The second-order valence-corrected chi connectivity index (χ2v) is 6.11. The SMILES string of the molecule is CC(=O)OC[C@H]1O[C@@H](n2cc(C(N)=O)c(N)nc2=O)[C@H](OC(C)=O)[C@H]1OC(C)=O. The molecule has 0 bridgehead atoms. The average molecular weight is 412 g/mol. The molecule has 0 unspecified atom stereocenters. The Kier molecular flexibility index (Phi) is 6.53. The summed E-state index contributed by atoms with van der Waals surface area (Å²) in [6, 6.07) is 0. The molecule has 1 aromatic heterocycles. The summed E-state index contributed by atoms with van der Waals surface area (Å²) in [6.45, 7) is 3.01. The molecular formula is C16H20N4O9. The second kappa shape index (κ2) is 8.68. The lowest BCUT2D eigenvalue weighted by Crippen LogP contribution is -2.42. The first-order chi connectivity index (χ1) is 13.5. The topological polar surface area (TPSA) is 192 Å². The van der Waals surface area contributed by atoms with E-state index in [1.54, 1.807) is 0 Å². The van der Waals surface area contributed by atoms with E-state index in [2.05, 4.69) is 4.98 Å². The summed E-state index contributed by atoms with van der Waals surface area (Å²) in [7, 11) is 0. The van der Waals surface area contributed by atoms with Crippen LogP contribution in [0.15, 0.2) is 11.0 Å². The molecule has 4 atom stereocenters. The van der Waals surface area contributed by atoms with Crippen molar-refractivity contribution in [2.24, 2.45) is 5.73 Å². The molecule has 13 nitrogen and oxygen atoms in total. The molecular weight excluding hydrogens is 392 g/mol. The van der Waals surface area contributed by atoms with Gasteiger partial charge in [0.25, 0.3) is 5.91 Å². The van der Waals surface area contributed by atoms with Gasteiger partial charge in [-0.05, 0) is 0 Å². The van der Waals surface area contributed by atoms with Crippen LogP contribution >= 0.6 is 0 Å². The fourth-order valence-corrected chi connectivity index (χ4v) is 2.77. The maximum absolute atomic E-state index is 12.3. The smallest absolute Gasteiger partial charge is 0.351 e. The number of carbonyl (C=O) groups excluding carboxylic acids is 4. The molecule has 2 rings (SSSR count). The number of hydrogen-bond donors (Lipinski definition) is 2. The fraction of sp³-hybridized carbons (Fsp3) is 0.500. The van der Waals surface area contributed by atoms with Gasteiger partial charge in [-0.25, -0.2) is 4.79 Å². The predicted octanol–water partition coefficient (Wildman–Crippen LogP) is -1.75. The van der Waals surface area contributed by atoms with Crippen LogP contribution in [-0.2, 0) is 33.3 Å². The van der Waals surface area contributed by atoms with E-state index >= 15 is 0 Å². The summed E-state index contributed by atoms with van der Waals surface area (Å²) in [5.41, 5.74) is 9.53. The lowest BCUT2D eigenvalue weighted by Gasteiger charge is -2.24. The van der Waals surface area contributed by atoms with Crippen molar-refractivity contribution in [3.63, 3.8) is 0 Å². The number of amides is 1. The molecule has 1 amide bonds. The number of primary amides is 1. The number of ether oxygens (including phenoxy) is 4. The number of nitrogens with two attached hydrogens (primary N) is 2. The Hall–Kier alpha value is -3.48. The summed E-state index contributed by atoms with van der Waals surface area (Å²) in [5.74, 6) is -3.48. The number of anilines is 1. The molecule has 1 saturated heterocycles. The van der Waals surface area contributed by atoms with Gasteiger partial charge >= 0.3 is 23.6 Å². The predicted molar refractivity (Wildman–Crippen MR) is 93.1 cm³/mol. The molecule has 0 spiro atoms. The minimum Gasteiger partial charge on any atom is -0.463 e. The third-order valence-electron chi connectivity index (χ3n) is 3.86. The maximum atomic E-state index is 12.3. The number of nitrogen functional groups attached to an aromatic ring is 1. The van der Waals surface area contributed by atoms with Crippen molar-refractivity contribution in [1.82, 2.24) is 9.55 Å². The zero-order valence-electron chi connectivity index (χ0n) is 15.8. The molecule has 158 valence electrons. The Bertz CT molecular complexity index is 897. The van der Waals surface area contributed by atoms with Gasteiger partial charge in [-0.1, -0.05) is 0 Å². The number of nitrogens with zero attached hydrogens (tertiary/aromatic N) is 2. The van der Waals surface area contributed by atoms with Crippen LogP contribution in [0.1, 0.15) is 37.4 Å². The highest BCUT2D eigenvalue weighted by molar-refractivity contribution is 5.96. The second-order valence-electron chi connectivity index (χ2n) is 6.11. The monoisotopic (exact) mass is 412 g/mol. The number of esters is 3. The summed E-state index contributed by atoms with van der Waals surface area (Å²) >= 11 is 0. The highest BCUT2D eigenvalue weighted by Gasteiger charge is 2.51. The highest BCUT2D eigenvalue weighted by Crippen LogP contribution is 2.34. The molecule has 0 aliphatic carbocycles. The van der Waals surface area contributed by atoms with Crippen molar-refractivity contribution in [3.8, 4) is 0 Å². The van der Waals surface area contributed by atoms with Gasteiger partial charge in [0.15, 0.2) is 18.4 Å². The zero-order chi connectivity index (χ0) is 21.9. The van der Waals surface area contributed by atoms with E-state index in [0.717, 1.165) is 31.5 Å². The van der Waals surface area contributed by atoms with Gasteiger partial charge in [0.2, 0.25) is 0 Å². The molecule has 29 heavy (non-hydrogen) atoms. The van der Waals surface area contributed by atoms with Crippen LogP contribution in [0, 0.1) is 0 Å². The molecule has 13 heteroatoms. The Morgan fingerprint density at radius 3 is 2.21 bits per heavy atom. The van der Waals surface area contributed by atoms with E-state index in [-0.39, 0.29) is 12.2 Å². The van der Waals surface area contributed by atoms with Crippen molar-refractivity contribution in [2.75, 3.05) is 12.3 Å². The molecule has 1 aliphatic rings. The van der Waals surface area contributed by atoms with Crippen molar-refractivity contribution in [1.29, 1.82) is 0 Å². The Labute approximate surface area is 163 Å². The Morgan fingerprint density at radius 1 is 1.10 bits per heavy atom. The van der Waals surface area contributed by atoms with Gasteiger partial charge in [-0.2, -0.15) is 4.98 Å². The largest absolute Gasteiger partial charge is 0.463 e. The van der Waals surface area contributed by atoms with Gasteiger partial charge in [0.1, 0.15) is 18.5 Å². The first kappa shape index (κ1) is 21.8. The lowest BCUT2D eigenvalue weighted by molar-refractivity contribution is -0.166. The van der Waals surface area contributed by atoms with Gasteiger partial charge < -0.3 is 30.4 Å². The van der Waals surface area contributed by atoms with Crippen LogP contribution in [0.3, 0.4) is 0 Å². The number of carbonyl (C=O) groups is 4. The van der Waals surface area contributed by atoms with Crippen LogP contribution in [-0.4, -0.2) is 58.3 Å². The van der Waals surface area contributed by atoms with E-state index in [0.29, 0.717) is 0 Å². The van der Waals surface area contributed by atoms with Crippen LogP contribution in [0.25, 0.3) is 0 Å². The maximum Gasteiger partial charge on any atom is 0.351 e. The summed E-state index contributed by atoms with van der Waals surface area (Å²) < 4.78 is 21.8. The van der Waals surface area contributed by atoms with E-state index in [9.17, 15) is 24.0 Å². The van der Waals surface area contributed by atoms with Crippen molar-refractivity contribution >= 4 is 29.6 Å². The molecule has 0 aromatic carbocycles. The third kappa shape index (κ3) is 5.07. The molecule has 1 fully saturated rings. The van der Waals surface area contributed by atoms with Gasteiger partial charge in [0, 0.05) is 27.0 Å². The van der Waals surface area contributed by atoms with E-state index in [4.69, 9.17) is 30.4 Å². The number of aromatic nitrogens is 2. The molecule has 2 heterocycles. The first-order valence-electron chi connectivity index (χ1n) is 8.33. The van der Waals surface area contributed by atoms with Crippen LogP contribution in [0.2, 0.25) is 0 Å². The molecule has 0 saturated carbocycles. The number of hydrogen-bond acceptors (Lipinski definition) is 11. The summed E-state index contributed by atoms with van der Waals surface area (Å²) in [6.07, 6.45) is -4.00. The van der Waals surface area contributed by atoms with Crippen LogP contribution in [0.5, 0.6) is 0 Å². The minimum absolute atomic E-state index is 0.276. The zero-order valence-corrected chi connectivity index (χ0v) is 15.8. The normalized spacial score (nSPS) is 23.3. The molecule has 4 N–H and O–H groups in total. The summed E-state index contributed by atoms with van der Waals surface area (Å²) in [5, 5.41) is 0. The van der Waals surface area contributed by atoms with Crippen LogP contribution in [0.4, 0.5) is 5.82 Å². The number of rotatable bonds is 6. The molecule has 1 aliphatic heterocycles. The van der Waals surface area contributed by atoms with Crippen LogP contribution < -0.4 is 17.2 Å². The Morgan fingerprint density at radius 2 is 1.69 bits per heavy atom. The van der Waals surface area contributed by atoms with E-state index < -0.39 is 59.9 Å². The standard InChI is InChI=1S/C16H20N4O9/c1-6(21)26-5-10-11(27-7(2)22)12(28-8(3)23)15(29-10)20-4-9(14(18)24)13(17)19-16(20)25/h4,10-12,15H,5H2,1-3H3,(H2,18,24)(H2,17,19,25)/t10-,11+,12-,15-/m1/s1. The van der Waals surface area contributed by atoms with Gasteiger partial charge in [-0.3, -0.25) is 23.7 Å².